The molecule has 0 radical (unpaired) electrons. The molecular weight excluding hydrogens is 468 g/mol. The molecular formula is C25H28N4O5S. The minimum Gasteiger partial charge on any atom is -0.336 e. The second kappa shape index (κ2) is 11.9. The molecule has 9 nitrogen and oxygen atoms in total. The van der Waals surface area contributed by atoms with E-state index in [2.05, 4.69) is 14.2 Å². The van der Waals surface area contributed by atoms with Gasteiger partial charge >= 0.3 is 17.1 Å². The molecule has 0 aliphatic heterocycles. The molecule has 0 saturated carbocycles. The maximum absolute atomic E-state index is 13.4. The van der Waals surface area contributed by atoms with Crippen LogP contribution in [0, 0.1) is 0 Å². The molecule has 4 rings (SSSR count). The Morgan fingerprint density at radius 2 is 1.57 bits per heavy atom. The fourth-order valence-corrected chi connectivity index (χ4v) is 4.31. The second-order valence-electron chi connectivity index (χ2n) is 8.27. The van der Waals surface area contributed by atoms with Gasteiger partial charge in [-0.3, -0.25) is 22.7 Å². The van der Waals surface area contributed by atoms with Crippen LogP contribution in [-0.4, -0.2) is 34.5 Å². The van der Waals surface area contributed by atoms with Crippen molar-refractivity contribution in [2.45, 2.75) is 45.2 Å². The van der Waals surface area contributed by atoms with Gasteiger partial charge in [-0.2, -0.15) is 4.21 Å². The molecule has 0 aliphatic rings. The van der Waals surface area contributed by atoms with Gasteiger partial charge in [-0.15, -0.1) is 0 Å². The van der Waals surface area contributed by atoms with Gasteiger partial charge in [-0.05, 0) is 36.8 Å². The summed E-state index contributed by atoms with van der Waals surface area (Å²) in [5.74, 6) is 0.628. The van der Waals surface area contributed by atoms with E-state index in [4.69, 9.17) is 4.55 Å². The van der Waals surface area contributed by atoms with Crippen LogP contribution in [0.4, 0.5) is 0 Å². The van der Waals surface area contributed by atoms with E-state index in [1.165, 1.54) is 4.57 Å². The standard InChI is InChI=1S/C25H28N4O5S/c30-24-22-23(27-21(26-22)18-20-12-6-2-7-13-20)28(16-14-19-10-4-1-5-11-19)25(31)29(24)15-8-3-9-17-34-35(32)33/h1-2,4-7,10-13H,3,8-9,14-18H2,(H,26,27)(H,32,33). The van der Waals surface area contributed by atoms with Gasteiger partial charge in [0.25, 0.3) is 5.56 Å². The summed E-state index contributed by atoms with van der Waals surface area (Å²) in [6.07, 6.45) is 2.91. The Labute approximate surface area is 204 Å². The number of hydrogen-bond donors (Lipinski definition) is 2. The summed E-state index contributed by atoms with van der Waals surface area (Å²) >= 11 is -2.28. The summed E-state index contributed by atoms with van der Waals surface area (Å²) in [5, 5.41) is 0. The third kappa shape index (κ3) is 6.41. The molecule has 35 heavy (non-hydrogen) atoms. The molecule has 0 aliphatic carbocycles. The van der Waals surface area contributed by atoms with Crippen molar-refractivity contribution in [1.82, 2.24) is 19.1 Å². The molecule has 0 bridgehead atoms. The molecule has 0 spiro atoms. The van der Waals surface area contributed by atoms with Gasteiger partial charge in [0.2, 0.25) is 0 Å². The highest BCUT2D eigenvalue weighted by atomic mass is 32.2. The van der Waals surface area contributed by atoms with Crippen LogP contribution in [0.1, 0.15) is 36.2 Å². The van der Waals surface area contributed by atoms with Crippen molar-refractivity contribution in [3.05, 3.63) is 98.5 Å². The SMILES string of the molecule is O=c1c2[nH]c(Cc3ccccc3)nc2n(CCc2ccccc2)c(=O)n1CCCCCOS(=O)O. The molecule has 2 heterocycles. The van der Waals surface area contributed by atoms with Gasteiger partial charge in [0, 0.05) is 19.5 Å². The van der Waals surface area contributed by atoms with E-state index in [0.29, 0.717) is 55.6 Å². The summed E-state index contributed by atoms with van der Waals surface area (Å²) in [4.78, 5) is 34.4. The van der Waals surface area contributed by atoms with Crippen LogP contribution in [-0.2, 0) is 41.5 Å². The van der Waals surface area contributed by atoms with E-state index in [1.54, 1.807) is 4.57 Å². The number of imidazole rings is 1. The molecule has 1 atom stereocenters. The number of benzene rings is 2. The van der Waals surface area contributed by atoms with E-state index in [0.717, 1.165) is 11.1 Å². The summed E-state index contributed by atoms with van der Waals surface area (Å²) < 4.78 is 26.7. The van der Waals surface area contributed by atoms with Gasteiger partial charge < -0.3 is 4.98 Å². The normalized spacial score (nSPS) is 12.3. The number of aryl methyl sites for hydroxylation is 2. The van der Waals surface area contributed by atoms with E-state index >= 15 is 0 Å². The van der Waals surface area contributed by atoms with Gasteiger partial charge in [-0.1, -0.05) is 60.7 Å². The first-order valence-corrected chi connectivity index (χ1v) is 12.6. The van der Waals surface area contributed by atoms with Crippen LogP contribution < -0.4 is 11.2 Å². The largest absolute Gasteiger partial charge is 0.336 e. The van der Waals surface area contributed by atoms with Crippen LogP contribution in [0.15, 0.2) is 70.3 Å². The Balaban J connectivity index is 1.62. The number of aromatic amines is 1. The van der Waals surface area contributed by atoms with Crippen molar-refractivity contribution >= 4 is 22.5 Å². The third-order valence-electron chi connectivity index (χ3n) is 5.80. The maximum Gasteiger partial charge on any atom is 0.332 e. The van der Waals surface area contributed by atoms with Crippen molar-refractivity contribution in [1.29, 1.82) is 0 Å². The lowest BCUT2D eigenvalue weighted by Gasteiger charge is -2.11. The Bertz CT molecular complexity index is 1400. The van der Waals surface area contributed by atoms with Gasteiger partial charge in [-0.25, -0.2) is 9.78 Å². The number of hydrogen-bond acceptors (Lipinski definition) is 5. The Morgan fingerprint density at radius 3 is 2.26 bits per heavy atom. The molecule has 2 aromatic heterocycles. The van der Waals surface area contributed by atoms with Crippen LogP contribution in [0.5, 0.6) is 0 Å². The van der Waals surface area contributed by atoms with E-state index in [-0.39, 0.29) is 24.4 Å². The summed E-state index contributed by atoms with van der Waals surface area (Å²) in [5.41, 5.74) is 2.06. The fraction of sp³-hybridized carbons (Fsp3) is 0.320. The van der Waals surface area contributed by atoms with Crippen molar-refractivity contribution < 1.29 is 12.9 Å². The molecule has 2 aromatic carbocycles. The quantitative estimate of drug-likeness (QED) is 0.230. The zero-order valence-electron chi connectivity index (χ0n) is 19.3. The number of rotatable bonds is 12. The van der Waals surface area contributed by atoms with Crippen molar-refractivity contribution in [2.24, 2.45) is 0 Å². The number of nitrogens with one attached hydrogen (secondary N) is 1. The highest BCUT2D eigenvalue weighted by molar-refractivity contribution is 7.74. The minimum absolute atomic E-state index is 0.141. The summed E-state index contributed by atoms with van der Waals surface area (Å²) in [6, 6.07) is 19.7. The minimum atomic E-state index is -2.28. The number of nitrogens with zero attached hydrogens (tertiary/aromatic N) is 3. The lowest BCUT2D eigenvalue weighted by molar-refractivity contribution is 0.295. The monoisotopic (exact) mass is 496 g/mol. The van der Waals surface area contributed by atoms with Crippen LogP contribution in [0.2, 0.25) is 0 Å². The first-order valence-electron chi connectivity index (χ1n) is 11.6. The number of fused-ring (bicyclic) bond motifs is 1. The first-order chi connectivity index (χ1) is 17.0. The van der Waals surface area contributed by atoms with Crippen molar-refractivity contribution in [2.75, 3.05) is 6.61 Å². The Kier molecular flexibility index (Phi) is 8.40. The predicted octanol–water partition coefficient (Wildman–Crippen LogP) is 3.04. The molecule has 0 saturated heterocycles. The smallest absolute Gasteiger partial charge is 0.332 e. The van der Waals surface area contributed by atoms with Gasteiger partial charge in [0.1, 0.15) is 11.3 Å². The predicted molar refractivity (Wildman–Crippen MR) is 135 cm³/mol. The highest BCUT2D eigenvalue weighted by Crippen LogP contribution is 2.12. The third-order valence-corrected chi connectivity index (χ3v) is 6.17. The number of aromatic nitrogens is 4. The molecule has 10 heteroatoms. The van der Waals surface area contributed by atoms with Crippen LogP contribution in [0.3, 0.4) is 0 Å². The highest BCUT2D eigenvalue weighted by Gasteiger charge is 2.17. The number of H-pyrrole nitrogens is 1. The summed E-state index contributed by atoms with van der Waals surface area (Å²) in [7, 11) is 0. The van der Waals surface area contributed by atoms with E-state index < -0.39 is 11.4 Å². The average molecular weight is 497 g/mol. The topological polar surface area (TPSA) is 119 Å². The maximum atomic E-state index is 13.4. The lowest BCUT2D eigenvalue weighted by Crippen LogP contribution is -2.40. The van der Waals surface area contributed by atoms with E-state index in [9.17, 15) is 13.8 Å². The fourth-order valence-electron chi connectivity index (χ4n) is 4.05. The van der Waals surface area contributed by atoms with Crippen LogP contribution in [0.25, 0.3) is 11.2 Å². The zero-order chi connectivity index (χ0) is 24.6. The molecule has 0 amide bonds. The molecule has 1 unspecified atom stereocenters. The zero-order valence-corrected chi connectivity index (χ0v) is 20.1. The lowest BCUT2D eigenvalue weighted by atomic mass is 10.1. The van der Waals surface area contributed by atoms with Crippen LogP contribution >= 0.6 is 0 Å². The van der Waals surface area contributed by atoms with Gasteiger partial charge in [0.15, 0.2) is 5.65 Å². The molecule has 4 aromatic rings. The molecule has 0 fully saturated rings. The van der Waals surface area contributed by atoms with Crippen molar-refractivity contribution in [3.8, 4) is 0 Å². The molecule has 2 N–H and O–H groups in total. The van der Waals surface area contributed by atoms with E-state index in [1.807, 2.05) is 60.7 Å². The molecule has 184 valence electrons. The summed E-state index contributed by atoms with van der Waals surface area (Å²) in [6.45, 7) is 0.779. The average Bonchev–Trinajstić information content (AvgIpc) is 3.27. The Hall–Kier alpha value is -3.34. The Morgan fingerprint density at radius 1 is 0.886 bits per heavy atom. The van der Waals surface area contributed by atoms with Crippen molar-refractivity contribution in [3.63, 3.8) is 0 Å². The number of unbranched alkanes of at least 4 members (excludes halogenated alkanes) is 2. The second-order valence-corrected chi connectivity index (χ2v) is 8.94. The van der Waals surface area contributed by atoms with Gasteiger partial charge in [0.05, 0.1) is 6.61 Å². The first kappa shape index (κ1) is 24.8.